The highest BCUT2D eigenvalue weighted by Gasteiger charge is 2.33. The van der Waals surface area contributed by atoms with Crippen molar-refractivity contribution in [3.8, 4) is 0 Å². The number of aliphatic hydroxyl groups excluding tert-OH is 1. The Labute approximate surface area is 108 Å². The van der Waals surface area contributed by atoms with E-state index in [1.54, 1.807) is 27.7 Å². The molecule has 0 saturated carbocycles. The minimum absolute atomic E-state index is 0.164. The van der Waals surface area contributed by atoms with Crippen molar-refractivity contribution < 1.29 is 24.2 Å². The third-order valence-corrected chi connectivity index (χ3v) is 2.38. The third kappa shape index (κ3) is 6.00. The van der Waals surface area contributed by atoms with Crippen molar-refractivity contribution in [1.29, 1.82) is 0 Å². The van der Waals surface area contributed by atoms with Crippen molar-refractivity contribution in [2.75, 3.05) is 0 Å². The summed E-state index contributed by atoms with van der Waals surface area (Å²) in [5.74, 6) is -1.56. The molecule has 18 heavy (non-hydrogen) atoms. The van der Waals surface area contributed by atoms with Crippen molar-refractivity contribution >= 4 is 11.9 Å². The fraction of sp³-hybridized carbons (Fsp3) is 0.846. The van der Waals surface area contributed by atoms with Crippen LogP contribution in [0.2, 0.25) is 0 Å². The summed E-state index contributed by atoms with van der Waals surface area (Å²) in [5, 5.41) is 9.11. The van der Waals surface area contributed by atoms with Crippen LogP contribution in [0.3, 0.4) is 0 Å². The molecule has 3 unspecified atom stereocenters. The Morgan fingerprint density at radius 1 is 1.17 bits per heavy atom. The molecule has 0 aromatic heterocycles. The molecular weight excluding hydrogens is 236 g/mol. The summed E-state index contributed by atoms with van der Waals surface area (Å²) in [6.07, 6.45) is -1.56. The van der Waals surface area contributed by atoms with Crippen molar-refractivity contribution in [3.05, 3.63) is 0 Å². The van der Waals surface area contributed by atoms with Gasteiger partial charge in [-0.05, 0) is 34.1 Å². The van der Waals surface area contributed by atoms with Crippen LogP contribution in [-0.4, -0.2) is 34.9 Å². The van der Waals surface area contributed by atoms with E-state index in [0.717, 1.165) is 0 Å². The van der Waals surface area contributed by atoms with Gasteiger partial charge in [-0.2, -0.15) is 0 Å². The van der Waals surface area contributed by atoms with Gasteiger partial charge < -0.3 is 14.6 Å². The van der Waals surface area contributed by atoms with E-state index in [9.17, 15) is 9.59 Å². The Kier molecular flexibility index (Phi) is 6.32. The third-order valence-electron chi connectivity index (χ3n) is 2.38. The Hall–Kier alpha value is -1.10. The highest BCUT2D eigenvalue weighted by atomic mass is 16.6. The smallest absolute Gasteiger partial charge is 0.348 e. The van der Waals surface area contributed by atoms with E-state index in [1.165, 1.54) is 6.92 Å². The summed E-state index contributed by atoms with van der Waals surface area (Å²) >= 11 is 0. The minimum Gasteiger partial charge on any atom is -0.457 e. The molecule has 5 nitrogen and oxygen atoms in total. The van der Waals surface area contributed by atoms with Crippen molar-refractivity contribution in [3.63, 3.8) is 0 Å². The molecule has 0 amide bonds. The van der Waals surface area contributed by atoms with Crippen LogP contribution in [0.25, 0.3) is 0 Å². The number of rotatable bonds is 5. The van der Waals surface area contributed by atoms with Gasteiger partial charge in [0.05, 0.1) is 0 Å². The molecule has 0 rings (SSSR count). The van der Waals surface area contributed by atoms with Gasteiger partial charge in [-0.15, -0.1) is 0 Å². The van der Waals surface area contributed by atoms with Gasteiger partial charge in [0, 0.05) is 5.92 Å². The van der Waals surface area contributed by atoms with E-state index in [2.05, 4.69) is 0 Å². The van der Waals surface area contributed by atoms with E-state index in [-0.39, 0.29) is 5.92 Å². The first kappa shape index (κ1) is 16.9. The van der Waals surface area contributed by atoms with Crippen LogP contribution in [0.1, 0.15) is 48.0 Å². The molecule has 0 aliphatic rings. The zero-order valence-electron chi connectivity index (χ0n) is 12.0. The Bertz CT molecular complexity index is 290. The largest absolute Gasteiger partial charge is 0.457 e. The average molecular weight is 260 g/mol. The Morgan fingerprint density at radius 3 is 2.00 bits per heavy atom. The highest BCUT2D eigenvalue weighted by Crippen LogP contribution is 2.18. The highest BCUT2D eigenvalue weighted by molar-refractivity contribution is 5.81. The lowest BCUT2D eigenvalue weighted by molar-refractivity contribution is -0.183. The number of carbonyl (C=O) groups excluding carboxylic acids is 2. The van der Waals surface area contributed by atoms with E-state index in [0.29, 0.717) is 6.42 Å². The number of ether oxygens (including phenoxy) is 2. The molecule has 106 valence electrons. The van der Waals surface area contributed by atoms with Gasteiger partial charge in [-0.25, -0.2) is 9.59 Å². The van der Waals surface area contributed by atoms with Gasteiger partial charge >= 0.3 is 11.9 Å². The molecule has 0 aliphatic heterocycles. The summed E-state index contributed by atoms with van der Waals surface area (Å²) in [4.78, 5) is 23.3. The summed E-state index contributed by atoms with van der Waals surface area (Å²) in [5.41, 5.74) is -0.639. The standard InChI is InChI=1S/C13H24O5/c1-7-8(2)10(17-11(15)9(3)14)12(16)18-13(4,5)6/h8-10,14H,7H2,1-6H3. The molecule has 5 heteroatoms. The normalized spacial score (nSPS) is 16.6. The SMILES string of the molecule is CCC(C)C(OC(=O)C(C)O)C(=O)OC(C)(C)C. The van der Waals surface area contributed by atoms with Crippen molar-refractivity contribution in [2.24, 2.45) is 5.92 Å². The molecule has 0 bridgehead atoms. The summed E-state index contributed by atoms with van der Waals surface area (Å²) in [7, 11) is 0. The van der Waals surface area contributed by atoms with E-state index >= 15 is 0 Å². The predicted octanol–water partition coefficient (Wildman–Crippen LogP) is 1.67. The first-order valence-corrected chi connectivity index (χ1v) is 6.20. The maximum Gasteiger partial charge on any atom is 0.348 e. The molecule has 0 aliphatic carbocycles. The van der Waals surface area contributed by atoms with Crippen LogP contribution in [-0.2, 0) is 19.1 Å². The molecule has 3 atom stereocenters. The first-order valence-electron chi connectivity index (χ1n) is 6.20. The van der Waals surface area contributed by atoms with Crippen LogP contribution >= 0.6 is 0 Å². The maximum atomic E-state index is 11.9. The molecule has 0 spiro atoms. The lowest BCUT2D eigenvalue weighted by Gasteiger charge is -2.27. The summed E-state index contributed by atoms with van der Waals surface area (Å²) in [6, 6.07) is 0. The molecular formula is C13H24O5. The molecule has 0 heterocycles. The van der Waals surface area contributed by atoms with E-state index in [4.69, 9.17) is 14.6 Å². The summed E-state index contributed by atoms with van der Waals surface area (Å²) < 4.78 is 10.2. The zero-order valence-corrected chi connectivity index (χ0v) is 12.0. The second kappa shape index (κ2) is 6.73. The first-order chi connectivity index (χ1) is 8.08. The number of hydrogen-bond acceptors (Lipinski definition) is 5. The van der Waals surface area contributed by atoms with E-state index < -0.39 is 29.7 Å². The van der Waals surface area contributed by atoms with E-state index in [1.807, 2.05) is 6.92 Å². The van der Waals surface area contributed by atoms with Crippen LogP contribution in [0.15, 0.2) is 0 Å². The van der Waals surface area contributed by atoms with Gasteiger partial charge in [-0.3, -0.25) is 0 Å². The number of carbonyl (C=O) groups is 2. The van der Waals surface area contributed by atoms with Crippen LogP contribution < -0.4 is 0 Å². The molecule has 1 N–H and O–H groups in total. The number of esters is 2. The van der Waals surface area contributed by atoms with Gasteiger partial charge in [0.1, 0.15) is 11.7 Å². The number of aliphatic hydroxyl groups is 1. The Balaban J connectivity index is 4.79. The van der Waals surface area contributed by atoms with Gasteiger partial charge in [0.25, 0.3) is 0 Å². The van der Waals surface area contributed by atoms with Crippen molar-refractivity contribution in [2.45, 2.75) is 65.8 Å². The van der Waals surface area contributed by atoms with Gasteiger partial charge in [0.15, 0.2) is 0 Å². The van der Waals surface area contributed by atoms with Gasteiger partial charge in [0.2, 0.25) is 6.10 Å². The predicted molar refractivity (Wildman–Crippen MR) is 66.9 cm³/mol. The maximum absolute atomic E-state index is 11.9. The van der Waals surface area contributed by atoms with Crippen LogP contribution in [0.5, 0.6) is 0 Å². The molecule has 0 aromatic carbocycles. The zero-order chi connectivity index (χ0) is 14.5. The topological polar surface area (TPSA) is 72.8 Å². The van der Waals surface area contributed by atoms with Crippen molar-refractivity contribution in [1.82, 2.24) is 0 Å². The van der Waals surface area contributed by atoms with Crippen LogP contribution in [0, 0.1) is 5.92 Å². The lowest BCUT2D eigenvalue weighted by Crippen LogP contribution is -2.40. The monoisotopic (exact) mass is 260 g/mol. The molecule has 0 saturated heterocycles. The lowest BCUT2D eigenvalue weighted by atomic mass is 10.0. The van der Waals surface area contributed by atoms with Gasteiger partial charge in [-0.1, -0.05) is 13.8 Å². The Morgan fingerprint density at radius 2 is 1.67 bits per heavy atom. The van der Waals surface area contributed by atoms with Crippen LogP contribution in [0.4, 0.5) is 0 Å². The number of hydrogen-bond donors (Lipinski definition) is 1. The second-order valence-electron chi connectivity index (χ2n) is 5.45. The molecule has 0 radical (unpaired) electrons. The molecule has 0 fully saturated rings. The quantitative estimate of drug-likeness (QED) is 0.761. The fourth-order valence-electron chi connectivity index (χ4n) is 1.19. The summed E-state index contributed by atoms with van der Waals surface area (Å²) in [6.45, 7) is 10.2. The minimum atomic E-state index is -1.25. The average Bonchev–Trinajstić information content (AvgIpc) is 2.21. The second-order valence-corrected chi connectivity index (χ2v) is 5.45. The fourth-order valence-corrected chi connectivity index (χ4v) is 1.19. The molecule has 0 aromatic rings.